The first-order valence-electron chi connectivity index (χ1n) is 7.13. The van der Waals surface area contributed by atoms with Gasteiger partial charge in [0.2, 0.25) is 17.6 Å². The maximum absolute atomic E-state index is 12.1. The summed E-state index contributed by atoms with van der Waals surface area (Å²) in [5, 5.41) is 11.7. The van der Waals surface area contributed by atoms with E-state index in [1.165, 1.54) is 0 Å². The third kappa shape index (κ3) is 3.84. The number of rotatable bonds is 6. The van der Waals surface area contributed by atoms with Crippen molar-refractivity contribution in [1.29, 1.82) is 0 Å². The second kappa shape index (κ2) is 6.74. The Hall–Kier alpha value is -2.48. The van der Waals surface area contributed by atoms with E-state index in [2.05, 4.69) is 15.3 Å². The summed E-state index contributed by atoms with van der Waals surface area (Å²) in [5.74, 6) is 1.74. The van der Waals surface area contributed by atoms with Crippen molar-refractivity contribution in [1.82, 2.24) is 20.2 Å². The average Bonchev–Trinajstić information content (AvgIpc) is 3.26. The first-order chi connectivity index (χ1) is 11.1. The van der Waals surface area contributed by atoms with Crippen LogP contribution in [0.3, 0.4) is 0 Å². The van der Waals surface area contributed by atoms with Gasteiger partial charge in [0.25, 0.3) is 0 Å². The number of aromatic nitrogens is 3. The van der Waals surface area contributed by atoms with Crippen LogP contribution in [0.4, 0.5) is 0 Å². The molecule has 0 aliphatic carbocycles. The summed E-state index contributed by atoms with van der Waals surface area (Å²) < 4.78 is 10.2. The Labute approximate surface area is 136 Å². The van der Waals surface area contributed by atoms with Crippen molar-refractivity contribution in [2.45, 2.75) is 26.3 Å². The van der Waals surface area contributed by atoms with Gasteiger partial charge in [-0.15, -0.1) is 0 Å². The third-order valence-electron chi connectivity index (χ3n) is 3.30. The van der Waals surface area contributed by atoms with Gasteiger partial charge < -0.3 is 13.9 Å². The van der Waals surface area contributed by atoms with Gasteiger partial charge in [0.05, 0.1) is 6.54 Å². The van der Waals surface area contributed by atoms with E-state index in [4.69, 9.17) is 9.05 Å². The summed E-state index contributed by atoms with van der Waals surface area (Å²) in [6, 6.07) is 3.74. The minimum atomic E-state index is -0.0130. The van der Waals surface area contributed by atoms with Gasteiger partial charge in [0.1, 0.15) is 11.5 Å². The zero-order chi connectivity index (χ0) is 16.2. The van der Waals surface area contributed by atoms with E-state index in [0.717, 1.165) is 17.0 Å². The van der Waals surface area contributed by atoms with Gasteiger partial charge in [0, 0.05) is 36.9 Å². The monoisotopic (exact) mass is 332 g/mol. The molecule has 7 nitrogen and oxygen atoms in total. The Bertz CT molecular complexity index is 778. The van der Waals surface area contributed by atoms with Crippen LogP contribution in [0.5, 0.6) is 0 Å². The Balaban J connectivity index is 1.52. The van der Waals surface area contributed by atoms with Crippen molar-refractivity contribution in [2.75, 3.05) is 7.05 Å². The lowest BCUT2D eigenvalue weighted by molar-refractivity contribution is -0.130. The van der Waals surface area contributed by atoms with E-state index in [9.17, 15) is 4.79 Å². The number of carbonyl (C=O) groups is 1. The standard InChI is InChI=1S/C15H16N4O3S/c1-10-7-12(17-21-10)8-19(2)14(20)4-3-13-16-15(18-22-13)11-5-6-23-9-11/h5-7,9H,3-4,8H2,1-2H3. The molecule has 3 aromatic heterocycles. The lowest BCUT2D eigenvalue weighted by Crippen LogP contribution is -2.26. The fourth-order valence-corrected chi connectivity index (χ4v) is 2.73. The lowest BCUT2D eigenvalue weighted by Gasteiger charge is -2.14. The molecule has 0 saturated carbocycles. The smallest absolute Gasteiger partial charge is 0.227 e. The molecule has 1 amide bonds. The highest BCUT2D eigenvalue weighted by molar-refractivity contribution is 7.08. The van der Waals surface area contributed by atoms with Gasteiger partial charge in [-0.2, -0.15) is 16.3 Å². The van der Waals surface area contributed by atoms with Crippen LogP contribution in [0.25, 0.3) is 11.4 Å². The zero-order valence-electron chi connectivity index (χ0n) is 12.9. The van der Waals surface area contributed by atoms with Crippen LogP contribution in [0.2, 0.25) is 0 Å². The van der Waals surface area contributed by atoms with Crippen LogP contribution in [0.15, 0.2) is 31.9 Å². The maximum atomic E-state index is 12.1. The molecule has 0 aliphatic rings. The Morgan fingerprint density at radius 2 is 2.22 bits per heavy atom. The topological polar surface area (TPSA) is 85.3 Å². The SMILES string of the molecule is Cc1cc(CN(C)C(=O)CCc2nc(-c3ccsc3)no2)no1. The number of hydrogen-bond acceptors (Lipinski definition) is 7. The Morgan fingerprint density at radius 3 is 2.91 bits per heavy atom. The van der Waals surface area contributed by atoms with Crippen LogP contribution in [-0.2, 0) is 17.8 Å². The van der Waals surface area contributed by atoms with Crippen molar-refractivity contribution in [3.63, 3.8) is 0 Å². The van der Waals surface area contributed by atoms with Gasteiger partial charge in [-0.1, -0.05) is 10.3 Å². The normalized spacial score (nSPS) is 10.9. The summed E-state index contributed by atoms with van der Waals surface area (Å²) >= 11 is 1.57. The zero-order valence-corrected chi connectivity index (χ0v) is 13.7. The minimum absolute atomic E-state index is 0.0130. The Morgan fingerprint density at radius 1 is 1.35 bits per heavy atom. The molecular formula is C15H16N4O3S. The molecule has 0 aromatic carbocycles. The average molecular weight is 332 g/mol. The summed E-state index contributed by atoms with van der Waals surface area (Å²) in [5.41, 5.74) is 1.66. The number of aryl methyl sites for hydroxylation is 2. The molecule has 0 atom stereocenters. The molecule has 3 heterocycles. The van der Waals surface area contributed by atoms with E-state index in [1.807, 2.05) is 29.8 Å². The molecule has 3 aromatic rings. The molecule has 0 saturated heterocycles. The van der Waals surface area contributed by atoms with Crippen LogP contribution in [-0.4, -0.2) is 33.2 Å². The van der Waals surface area contributed by atoms with Crippen molar-refractivity contribution in [3.05, 3.63) is 40.2 Å². The number of thiophene rings is 1. The van der Waals surface area contributed by atoms with E-state index in [-0.39, 0.29) is 5.91 Å². The largest absolute Gasteiger partial charge is 0.361 e. The third-order valence-corrected chi connectivity index (χ3v) is 3.99. The molecule has 0 bridgehead atoms. The van der Waals surface area contributed by atoms with Crippen molar-refractivity contribution >= 4 is 17.2 Å². The summed E-state index contributed by atoms with van der Waals surface area (Å²) in [6.45, 7) is 2.24. The fraction of sp³-hybridized carbons (Fsp3) is 0.333. The van der Waals surface area contributed by atoms with E-state index < -0.39 is 0 Å². The molecule has 23 heavy (non-hydrogen) atoms. The van der Waals surface area contributed by atoms with Gasteiger partial charge in [-0.05, 0) is 18.4 Å². The van der Waals surface area contributed by atoms with Crippen LogP contribution in [0.1, 0.15) is 23.8 Å². The number of carbonyl (C=O) groups excluding carboxylic acids is 1. The number of hydrogen-bond donors (Lipinski definition) is 0. The molecule has 120 valence electrons. The molecule has 0 radical (unpaired) electrons. The first-order valence-corrected chi connectivity index (χ1v) is 8.07. The predicted molar refractivity (Wildman–Crippen MR) is 83.6 cm³/mol. The molecule has 3 rings (SSSR count). The van der Waals surface area contributed by atoms with Crippen LogP contribution < -0.4 is 0 Å². The van der Waals surface area contributed by atoms with Crippen LogP contribution in [0, 0.1) is 6.92 Å². The molecule has 0 spiro atoms. The minimum Gasteiger partial charge on any atom is -0.361 e. The van der Waals surface area contributed by atoms with Crippen molar-refractivity contribution < 1.29 is 13.8 Å². The molecule has 0 aliphatic heterocycles. The highest BCUT2D eigenvalue weighted by atomic mass is 32.1. The summed E-state index contributed by atoms with van der Waals surface area (Å²) in [6.07, 6.45) is 0.719. The van der Waals surface area contributed by atoms with Gasteiger partial charge >= 0.3 is 0 Å². The van der Waals surface area contributed by atoms with Gasteiger partial charge in [0.15, 0.2) is 0 Å². The molecule has 0 unspecified atom stereocenters. The quantitative estimate of drug-likeness (QED) is 0.690. The lowest BCUT2D eigenvalue weighted by atomic mass is 10.2. The predicted octanol–water partition coefficient (Wildman–Crippen LogP) is 2.69. The molecule has 0 N–H and O–H groups in total. The van der Waals surface area contributed by atoms with E-state index in [1.54, 1.807) is 23.3 Å². The van der Waals surface area contributed by atoms with E-state index >= 15 is 0 Å². The van der Waals surface area contributed by atoms with Crippen molar-refractivity contribution in [2.24, 2.45) is 0 Å². The second-order valence-corrected chi connectivity index (χ2v) is 5.98. The first kappa shape index (κ1) is 15.4. The fourth-order valence-electron chi connectivity index (χ4n) is 2.09. The summed E-state index contributed by atoms with van der Waals surface area (Å²) in [7, 11) is 1.73. The number of amides is 1. The highest BCUT2D eigenvalue weighted by Gasteiger charge is 2.14. The highest BCUT2D eigenvalue weighted by Crippen LogP contribution is 2.19. The second-order valence-electron chi connectivity index (χ2n) is 5.20. The summed E-state index contributed by atoms with van der Waals surface area (Å²) in [4.78, 5) is 18.0. The molecular weight excluding hydrogens is 316 g/mol. The van der Waals surface area contributed by atoms with Crippen LogP contribution >= 0.6 is 11.3 Å². The van der Waals surface area contributed by atoms with E-state index in [0.29, 0.717) is 31.1 Å². The van der Waals surface area contributed by atoms with Gasteiger partial charge in [-0.3, -0.25) is 4.79 Å². The number of nitrogens with zero attached hydrogens (tertiary/aromatic N) is 4. The molecule has 0 fully saturated rings. The van der Waals surface area contributed by atoms with Crippen molar-refractivity contribution in [3.8, 4) is 11.4 Å². The molecule has 8 heteroatoms. The van der Waals surface area contributed by atoms with Gasteiger partial charge in [-0.25, -0.2) is 0 Å². The maximum Gasteiger partial charge on any atom is 0.227 e. The Kier molecular flexibility index (Phi) is 4.52.